The van der Waals surface area contributed by atoms with Crippen LogP contribution in [0.4, 0.5) is 0 Å². The van der Waals surface area contributed by atoms with Crippen molar-refractivity contribution in [3.05, 3.63) is 34.3 Å². The molecule has 0 radical (unpaired) electrons. The first-order chi connectivity index (χ1) is 8.14. The third-order valence-corrected chi connectivity index (χ3v) is 4.73. The van der Waals surface area contributed by atoms with Crippen LogP contribution in [0.5, 0.6) is 0 Å². The molecule has 0 spiro atoms. The van der Waals surface area contributed by atoms with E-state index in [4.69, 9.17) is 0 Å². The van der Waals surface area contributed by atoms with Crippen LogP contribution in [0.1, 0.15) is 24.8 Å². The highest BCUT2D eigenvalue weighted by atomic mass is 79.9. The minimum Gasteiger partial charge on any atom is -0.311 e. The van der Waals surface area contributed by atoms with Crippen LogP contribution in [0.3, 0.4) is 0 Å². The summed E-state index contributed by atoms with van der Waals surface area (Å²) in [5.41, 5.74) is 1.74. The van der Waals surface area contributed by atoms with Crippen LogP contribution in [0, 0.1) is 0 Å². The van der Waals surface area contributed by atoms with E-state index in [0.717, 1.165) is 13.1 Å². The molecule has 1 N–H and O–H groups in total. The van der Waals surface area contributed by atoms with Crippen LogP contribution in [-0.4, -0.2) is 31.1 Å². The molecule has 3 heteroatoms. The van der Waals surface area contributed by atoms with Crippen molar-refractivity contribution >= 4 is 15.9 Å². The quantitative estimate of drug-likeness (QED) is 0.898. The van der Waals surface area contributed by atoms with Crippen LogP contribution in [0.2, 0.25) is 0 Å². The number of nitrogens with zero attached hydrogens (tertiary/aromatic N) is 1. The molecule has 0 bridgehead atoms. The molecular formula is C14H21BrN2. The van der Waals surface area contributed by atoms with Crippen molar-refractivity contribution in [1.82, 2.24) is 10.2 Å². The molecule has 0 heterocycles. The summed E-state index contributed by atoms with van der Waals surface area (Å²) in [6.45, 7) is 2.03. The highest BCUT2D eigenvalue weighted by Gasteiger charge is 2.38. The Kier molecular flexibility index (Phi) is 4.23. The monoisotopic (exact) mass is 296 g/mol. The molecule has 0 unspecified atom stereocenters. The number of hydrogen-bond donors (Lipinski definition) is 1. The van der Waals surface area contributed by atoms with E-state index in [2.05, 4.69) is 64.5 Å². The van der Waals surface area contributed by atoms with E-state index in [9.17, 15) is 0 Å². The van der Waals surface area contributed by atoms with Gasteiger partial charge >= 0.3 is 0 Å². The largest absolute Gasteiger partial charge is 0.311 e. The van der Waals surface area contributed by atoms with Crippen molar-refractivity contribution in [3.8, 4) is 0 Å². The first-order valence-corrected chi connectivity index (χ1v) is 7.05. The first kappa shape index (κ1) is 13.1. The fraction of sp³-hybridized carbons (Fsp3) is 0.571. The Morgan fingerprint density at radius 3 is 2.53 bits per heavy atom. The molecule has 1 aromatic rings. The average molecular weight is 297 g/mol. The molecule has 1 aromatic carbocycles. The van der Waals surface area contributed by atoms with Crippen LogP contribution >= 0.6 is 15.9 Å². The topological polar surface area (TPSA) is 15.3 Å². The van der Waals surface area contributed by atoms with Crippen molar-refractivity contribution in [2.24, 2.45) is 0 Å². The van der Waals surface area contributed by atoms with Gasteiger partial charge in [0, 0.05) is 23.1 Å². The van der Waals surface area contributed by atoms with E-state index in [-0.39, 0.29) is 0 Å². The van der Waals surface area contributed by atoms with Gasteiger partial charge in [-0.15, -0.1) is 0 Å². The van der Waals surface area contributed by atoms with Crippen molar-refractivity contribution in [3.63, 3.8) is 0 Å². The van der Waals surface area contributed by atoms with Gasteiger partial charge in [-0.2, -0.15) is 0 Å². The minimum atomic E-state index is 0.404. The molecule has 2 rings (SSSR count). The van der Waals surface area contributed by atoms with E-state index >= 15 is 0 Å². The predicted octanol–water partition coefficient (Wildman–Crippen LogP) is 3.02. The summed E-state index contributed by atoms with van der Waals surface area (Å²) in [6, 6.07) is 8.41. The molecular weight excluding hydrogens is 276 g/mol. The lowest BCUT2D eigenvalue weighted by Crippen LogP contribution is -2.56. The molecule has 0 saturated heterocycles. The molecule has 1 aliphatic rings. The molecule has 1 fully saturated rings. The number of halogens is 1. The Hall–Kier alpha value is -0.380. The van der Waals surface area contributed by atoms with Gasteiger partial charge in [0.15, 0.2) is 0 Å². The number of likely N-dealkylation sites (N-methyl/N-ethyl adjacent to an activating group) is 1. The van der Waals surface area contributed by atoms with Gasteiger partial charge in [-0.05, 0) is 45.0 Å². The fourth-order valence-electron chi connectivity index (χ4n) is 2.44. The van der Waals surface area contributed by atoms with Gasteiger partial charge < -0.3 is 10.2 Å². The van der Waals surface area contributed by atoms with Crippen LogP contribution in [0.25, 0.3) is 0 Å². The molecule has 0 atom stereocenters. The van der Waals surface area contributed by atoms with Gasteiger partial charge in [-0.3, -0.25) is 0 Å². The summed E-state index contributed by atoms with van der Waals surface area (Å²) >= 11 is 3.59. The Balaban J connectivity index is 1.85. The van der Waals surface area contributed by atoms with Crippen LogP contribution < -0.4 is 5.32 Å². The zero-order valence-corrected chi connectivity index (χ0v) is 12.3. The molecule has 0 aromatic heterocycles. The number of hydrogen-bond acceptors (Lipinski definition) is 2. The molecule has 1 aliphatic carbocycles. The zero-order valence-electron chi connectivity index (χ0n) is 10.7. The highest BCUT2D eigenvalue weighted by molar-refractivity contribution is 9.10. The summed E-state index contributed by atoms with van der Waals surface area (Å²) < 4.78 is 1.19. The molecule has 17 heavy (non-hydrogen) atoms. The third-order valence-electron chi connectivity index (χ3n) is 3.96. The summed E-state index contributed by atoms with van der Waals surface area (Å²) in [4.78, 5) is 2.38. The number of benzene rings is 1. The summed E-state index contributed by atoms with van der Waals surface area (Å²) in [6.07, 6.45) is 4.01. The number of nitrogens with one attached hydrogen (secondary N) is 1. The average Bonchev–Trinajstić information content (AvgIpc) is 2.23. The normalized spacial score (nSPS) is 18.1. The SMILES string of the molecule is CN(C)C1(CNCc2ccccc2Br)CCC1. The van der Waals surface area contributed by atoms with Gasteiger partial charge in [0.1, 0.15) is 0 Å². The van der Waals surface area contributed by atoms with Gasteiger partial charge in [0.2, 0.25) is 0 Å². The van der Waals surface area contributed by atoms with E-state index in [0.29, 0.717) is 5.54 Å². The van der Waals surface area contributed by atoms with E-state index in [1.54, 1.807) is 0 Å². The maximum atomic E-state index is 3.59. The fourth-order valence-corrected chi connectivity index (χ4v) is 2.86. The maximum Gasteiger partial charge on any atom is 0.0328 e. The third kappa shape index (κ3) is 2.90. The molecule has 1 saturated carbocycles. The Bertz CT molecular complexity index is 372. The van der Waals surface area contributed by atoms with Gasteiger partial charge in [0.25, 0.3) is 0 Å². The maximum absolute atomic E-state index is 3.59. The summed E-state index contributed by atoms with van der Waals surface area (Å²) in [7, 11) is 4.39. The lowest BCUT2D eigenvalue weighted by molar-refractivity contribution is 0.0598. The zero-order chi connectivity index (χ0) is 12.3. The lowest BCUT2D eigenvalue weighted by atomic mass is 9.75. The van der Waals surface area contributed by atoms with Crippen molar-refractivity contribution in [2.75, 3.05) is 20.6 Å². The number of rotatable bonds is 5. The lowest BCUT2D eigenvalue weighted by Gasteiger charge is -2.47. The van der Waals surface area contributed by atoms with Crippen molar-refractivity contribution < 1.29 is 0 Å². The van der Waals surface area contributed by atoms with Gasteiger partial charge in [-0.1, -0.05) is 34.1 Å². The minimum absolute atomic E-state index is 0.404. The Morgan fingerprint density at radius 1 is 1.29 bits per heavy atom. The van der Waals surface area contributed by atoms with Crippen molar-refractivity contribution in [1.29, 1.82) is 0 Å². The van der Waals surface area contributed by atoms with E-state index in [1.807, 2.05) is 0 Å². The smallest absolute Gasteiger partial charge is 0.0328 e. The second-order valence-electron chi connectivity index (χ2n) is 5.17. The van der Waals surface area contributed by atoms with Crippen LogP contribution in [0.15, 0.2) is 28.7 Å². The van der Waals surface area contributed by atoms with Gasteiger partial charge in [-0.25, -0.2) is 0 Å². The molecule has 0 amide bonds. The van der Waals surface area contributed by atoms with Crippen LogP contribution in [-0.2, 0) is 6.54 Å². The highest BCUT2D eigenvalue weighted by Crippen LogP contribution is 2.35. The Morgan fingerprint density at radius 2 is 2.00 bits per heavy atom. The van der Waals surface area contributed by atoms with Gasteiger partial charge in [0.05, 0.1) is 0 Å². The van der Waals surface area contributed by atoms with E-state index < -0.39 is 0 Å². The Labute approximate surface area is 113 Å². The molecule has 2 nitrogen and oxygen atoms in total. The first-order valence-electron chi connectivity index (χ1n) is 6.26. The second kappa shape index (κ2) is 5.51. The van der Waals surface area contributed by atoms with Crippen molar-refractivity contribution in [2.45, 2.75) is 31.3 Å². The summed E-state index contributed by atoms with van der Waals surface area (Å²) in [5, 5.41) is 3.59. The standard InChI is InChI=1S/C14H21BrN2/c1-17(2)14(8-5-9-14)11-16-10-12-6-3-4-7-13(12)15/h3-4,6-7,16H,5,8-11H2,1-2H3. The molecule has 0 aliphatic heterocycles. The molecule has 94 valence electrons. The van der Waals surface area contributed by atoms with E-state index in [1.165, 1.54) is 29.3 Å². The summed E-state index contributed by atoms with van der Waals surface area (Å²) in [5.74, 6) is 0. The second-order valence-corrected chi connectivity index (χ2v) is 6.02. The predicted molar refractivity (Wildman–Crippen MR) is 76.1 cm³/mol.